The average Bonchev–Trinajstić information content (AvgIpc) is 3.55. The highest BCUT2D eigenvalue weighted by atomic mass is 32.1. The summed E-state index contributed by atoms with van der Waals surface area (Å²) in [5.41, 5.74) is 6.79. The smallest absolute Gasteiger partial charge is 0.0788 e. The fraction of sp³-hybridized carbons (Fsp3) is 0. The first kappa shape index (κ1) is 21.9. The molecule has 0 fully saturated rings. The molecule has 0 saturated carbocycles. The molecular formula is C37H22N2S. The van der Waals surface area contributed by atoms with Gasteiger partial charge in [0, 0.05) is 53.0 Å². The number of pyridine rings is 1. The second kappa shape index (κ2) is 8.25. The first-order valence-electron chi connectivity index (χ1n) is 13.6. The van der Waals surface area contributed by atoms with Crippen LogP contribution in [0, 0.1) is 0 Å². The molecule has 40 heavy (non-hydrogen) atoms. The third kappa shape index (κ3) is 3.07. The Bertz CT molecular complexity index is 2440. The summed E-state index contributed by atoms with van der Waals surface area (Å²) in [6.07, 6.45) is 0. The molecule has 2 nitrogen and oxygen atoms in total. The van der Waals surface area contributed by atoms with E-state index in [9.17, 15) is 0 Å². The molecule has 0 aliphatic carbocycles. The maximum absolute atomic E-state index is 5.18. The first-order chi connectivity index (χ1) is 19.8. The minimum absolute atomic E-state index is 1.02. The molecule has 0 atom stereocenters. The fourth-order valence-corrected chi connectivity index (χ4v) is 7.46. The van der Waals surface area contributed by atoms with Crippen molar-refractivity contribution in [3.63, 3.8) is 0 Å². The molecule has 3 aromatic heterocycles. The normalized spacial score (nSPS) is 12.0. The standard InChI is InChI=1S/C37H22N2S/c1-2-13-29-25(9-1)26-10-3-6-14-32(26)38-37(29)23-17-19-34-30(21-23)27-11-4-7-15-33(27)39(34)24-18-20-36-31(22-24)28-12-5-8-16-35(28)40-36/h1-22H. The third-order valence-electron chi connectivity index (χ3n) is 8.17. The number of thiophene rings is 1. The number of hydrogen-bond donors (Lipinski definition) is 0. The molecule has 3 heteroatoms. The van der Waals surface area contributed by atoms with Crippen LogP contribution in [0.3, 0.4) is 0 Å². The zero-order valence-corrected chi connectivity index (χ0v) is 22.3. The van der Waals surface area contributed by atoms with Crippen LogP contribution < -0.4 is 0 Å². The molecule has 0 unspecified atom stereocenters. The van der Waals surface area contributed by atoms with Crippen molar-refractivity contribution in [2.24, 2.45) is 0 Å². The van der Waals surface area contributed by atoms with E-state index in [1.807, 2.05) is 11.3 Å². The van der Waals surface area contributed by atoms with Crippen molar-refractivity contribution in [1.82, 2.24) is 9.55 Å². The quantitative estimate of drug-likeness (QED) is 0.205. The number of rotatable bonds is 2. The molecular weight excluding hydrogens is 504 g/mol. The van der Waals surface area contributed by atoms with Gasteiger partial charge in [-0.3, -0.25) is 0 Å². The highest BCUT2D eigenvalue weighted by molar-refractivity contribution is 7.25. The SMILES string of the molecule is c1ccc2c(c1)nc(-c1ccc3c(c1)c1ccccc1n3-c1ccc3sc4ccccc4c3c1)c1ccccc12. The van der Waals surface area contributed by atoms with Gasteiger partial charge in [0.2, 0.25) is 0 Å². The molecule has 0 saturated heterocycles. The van der Waals surface area contributed by atoms with Crippen molar-refractivity contribution in [3.05, 3.63) is 133 Å². The van der Waals surface area contributed by atoms with E-state index in [0.717, 1.165) is 16.8 Å². The van der Waals surface area contributed by atoms with Crippen LogP contribution in [0.5, 0.6) is 0 Å². The molecule has 3 heterocycles. The van der Waals surface area contributed by atoms with Gasteiger partial charge in [-0.15, -0.1) is 11.3 Å². The number of para-hydroxylation sites is 2. The zero-order chi connectivity index (χ0) is 26.2. The lowest BCUT2D eigenvalue weighted by molar-refractivity contribution is 1.19. The molecule has 0 radical (unpaired) electrons. The highest BCUT2D eigenvalue weighted by Crippen LogP contribution is 2.40. The minimum atomic E-state index is 1.02. The van der Waals surface area contributed by atoms with Crippen LogP contribution in [-0.2, 0) is 0 Å². The summed E-state index contributed by atoms with van der Waals surface area (Å²) in [5, 5.41) is 8.73. The Morgan fingerprint density at radius 2 is 1.12 bits per heavy atom. The van der Waals surface area contributed by atoms with E-state index in [1.54, 1.807) is 0 Å². The summed E-state index contributed by atoms with van der Waals surface area (Å²) in [6.45, 7) is 0. The summed E-state index contributed by atoms with van der Waals surface area (Å²) in [6, 6.07) is 48.2. The first-order valence-corrected chi connectivity index (χ1v) is 14.4. The van der Waals surface area contributed by atoms with E-state index in [-0.39, 0.29) is 0 Å². The Labute approximate surface area is 234 Å². The summed E-state index contributed by atoms with van der Waals surface area (Å²) in [7, 11) is 0. The van der Waals surface area contributed by atoms with Crippen LogP contribution in [0.1, 0.15) is 0 Å². The molecule has 9 rings (SSSR count). The second-order valence-electron chi connectivity index (χ2n) is 10.4. The van der Waals surface area contributed by atoms with Gasteiger partial charge in [-0.2, -0.15) is 0 Å². The zero-order valence-electron chi connectivity index (χ0n) is 21.5. The van der Waals surface area contributed by atoms with E-state index in [2.05, 4.69) is 138 Å². The van der Waals surface area contributed by atoms with E-state index in [1.165, 1.54) is 63.8 Å². The maximum Gasteiger partial charge on any atom is 0.0788 e. The van der Waals surface area contributed by atoms with Crippen LogP contribution >= 0.6 is 11.3 Å². The van der Waals surface area contributed by atoms with Gasteiger partial charge in [0.15, 0.2) is 0 Å². The van der Waals surface area contributed by atoms with Gasteiger partial charge in [-0.05, 0) is 53.9 Å². The molecule has 0 aliphatic heterocycles. The molecule has 0 bridgehead atoms. The molecule has 0 aliphatic rings. The van der Waals surface area contributed by atoms with Gasteiger partial charge in [-0.25, -0.2) is 4.98 Å². The van der Waals surface area contributed by atoms with Crippen molar-refractivity contribution in [2.45, 2.75) is 0 Å². The Hall–Kier alpha value is -4.99. The Balaban J connectivity index is 1.32. The monoisotopic (exact) mass is 526 g/mol. The summed E-state index contributed by atoms with van der Waals surface area (Å²) >= 11 is 1.86. The maximum atomic E-state index is 5.18. The number of hydrogen-bond acceptors (Lipinski definition) is 2. The lowest BCUT2D eigenvalue weighted by atomic mass is 9.99. The average molecular weight is 527 g/mol. The van der Waals surface area contributed by atoms with Gasteiger partial charge in [-0.1, -0.05) is 84.9 Å². The Morgan fingerprint density at radius 1 is 0.450 bits per heavy atom. The molecule has 0 N–H and O–H groups in total. The molecule has 186 valence electrons. The van der Waals surface area contributed by atoms with Gasteiger partial charge < -0.3 is 4.57 Å². The highest BCUT2D eigenvalue weighted by Gasteiger charge is 2.16. The van der Waals surface area contributed by atoms with Crippen LogP contribution in [0.25, 0.3) is 80.6 Å². The van der Waals surface area contributed by atoms with E-state index in [0.29, 0.717) is 0 Å². The second-order valence-corrected chi connectivity index (χ2v) is 11.5. The van der Waals surface area contributed by atoms with Crippen molar-refractivity contribution in [1.29, 1.82) is 0 Å². The molecule has 0 spiro atoms. The van der Waals surface area contributed by atoms with E-state index >= 15 is 0 Å². The lowest BCUT2D eigenvalue weighted by Crippen LogP contribution is -1.94. The Morgan fingerprint density at radius 3 is 2.02 bits per heavy atom. The van der Waals surface area contributed by atoms with Gasteiger partial charge >= 0.3 is 0 Å². The van der Waals surface area contributed by atoms with Crippen molar-refractivity contribution in [2.75, 3.05) is 0 Å². The van der Waals surface area contributed by atoms with Crippen molar-refractivity contribution < 1.29 is 0 Å². The van der Waals surface area contributed by atoms with E-state index < -0.39 is 0 Å². The number of aromatic nitrogens is 2. The molecule has 9 aromatic rings. The third-order valence-corrected chi connectivity index (χ3v) is 9.32. The number of benzene rings is 6. The van der Waals surface area contributed by atoms with Gasteiger partial charge in [0.05, 0.1) is 22.2 Å². The van der Waals surface area contributed by atoms with Crippen molar-refractivity contribution >= 4 is 75.0 Å². The van der Waals surface area contributed by atoms with Gasteiger partial charge in [0.1, 0.15) is 0 Å². The van der Waals surface area contributed by atoms with Gasteiger partial charge in [0.25, 0.3) is 0 Å². The largest absolute Gasteiger partial charge is 0.309 e. The predicted molar refractivity (Wildman–Crippen MR) is 172 cm³/mol. The predicted octanol–water partition coefficient (Wildman–Crippen LogP) is 10.5. The number of nitrogens with zero attached hydrogens (tertiary/aromatic N) is 2. The van der Waals surface area contributed by atoms with Crippen molar-refractivity contribution in [3.8, 4) is 16.9 Å². The summed E-state index contributed by atoms with van der Waals surface area (Å²) in [4.78, 5) is 5.18. The van der Waals surface area contributed by atoms with Crippen LogP contribution in [0.15, 0.2) is 133 Å². The van der Waals surface area contributed by atoms with Crippen LogP contribution in [0.4, 0.5) is 0 Å². The Kier molecular flexibility index (Phi) is 4.52. The number of fused-ring (bicyclic) bond motifs is 9. The minimum Gasteiger partial charge on any atom is -0.309 e. The summed E-state index contributed by atoms with van der Waals surface area (Å²) < 4.78 is 5.06. The van der Waals surface area contributed by atoms with E-state index in [4.69, 9.17) is 4.98 Å². The topological polar surface area (TPSA) is 17.8 Å². The molecule has 0 amide bonds. The summed E-state index contributed by atoms with van der Waals surface area (Å²) in [5.74, 6) is 0. The molecule has 6 aromatic carbocycles. The lowest BCUT2D eigenvalue weighted by Gasteiger charge is -2.11. The van der Waals surface area contributed by atoms with Crippen LogP contribution in [-0.4, -0.2) is 9.55 Å². The van der Waals surface area contributed by atoms with Crippen LogP contribution in [0.2, 0.25) is 0 Å². The fourth-order valence-electron chi connectivity index (χ4n) is 6.38.